The molecular weight excluding hydrogens is 272 g/mol. The first-order valence-electron chi connectivity index (χ1n) is 7.17. The number of aryl methyl sites for hydroxylation is 1. The van der Waals surface area contributed by atoms with Gasteiger partial charge in [0.25, 0.3) is 0 Å². The molecule has 2 aromatic heterocycles. The van der Waals surface area contributed by atoms with Crippen molar-refractivity contribution in [2.75, 3.05) is 13.1 Å². The molecule has 1 atom stereocenters. The summed E-state index contributed by atoms with van der Waals surface area (Å²) >= 11 is 1.65. The van der Waals surface area contributed by atoms with Gasteiger partial charge in [0, 0.05) is 17.6 Å². The molecule has 0 saturated carbocycles. The van der Waals surface area contributed by atoms with Gasteiger partial charge in [-0.15, -0.1) is 11.3 Å². The van der Waals surface area contributed by atoms with Crippen LogP contribution in [-0.2, 0) is 11.8 Å². The molecule has 1 aliphatic rings. The van der Waals surface area contributed by atoms with Crippen LogP contribution in [0.5, 0.6) is 0 Å². The maximum Gasteiger partial charge on any atom is 0.234 e. The van der Waals surface area contributed by atoms with Crippen LogP contribution < -0.4 is 5.32 Å². The summed E-state index contributed by atoms with van der Waals surface area (Å²) in [6.07, 6.45) is 3.97. The van der Waals surface area contributed by atoms with Gasteiger partial charge in [-0.2, -0.15) is 4.98 Å². The Labute approximate surface area is 122 Å². The lowest BCUT2D eigenvalue weighted by molar-refractivity contribution is 0.220. The molecule has 20 heavy (non-hydrogen) atoms. The average Bonchev–Trinajstić information content (AvgIpc) is 3.10. The van der Waals surface area contributed by atoms with Crippen LogP contribution in [0.3, 0.4) is 0 Å². The first-order chi connectivity index (χ1) is 9.72. The zero-order valence-electron chi connectivity index (χ0n) is 12.0. The van der Waals surface area contributed by atoms with Crippen molar-refractivity contribution in [3.8, 4) is 0 Å². The van der Waals surface area contributed by atoms with Gasteiger partial charge in [0.15, 0.2) is 5.82 Å². The van der Waals surface area contributed by atoms with Gasteiger partial charge in [-0.25, -0.2) is 4.98 Å². The monoisotopic (exact) mass is 292 g/mol. The minimum atomic E-state index is 0.0162. The van der Waals surface area contributed by atoms with E-state index in [2.05, 4.69) is 32.7 Å². The van der Waals surface area contributed by atoms with Crippen LogP contribution in [0.2, 0.25) is 0 Å². The quantitative estimate of drug-likeness (QED) is 0.938. The lowest BCUT2D eigenvalue weighted by Crippen LogP contribution is -2.43. The molecule has 1 unspecified atom stereocenters. The maximum atomic E-state index is 5.55. The fourth-order valence-corrected chi connectivity index (χ4v) is 3.53. The molecule has 1 fully saturated rings. The predicted octanol–water partition coefficient (Wildman–Crippen LogP) is 2.46. The summed E-state index contributed by atoms with van der Waals surface area (Å²) in [4.78, 5) is 9.08. The fourth-order valence-electron chi connectivity index (χ4n) is 2.76. The number of aromatic nitrogens is 3. The minimum Gasteiger partial charge on any atom is -0.339 e. The van der Waals surface area contributed by atoms with E-state index in [1.54, 1.807) is 11.3 Å². The smallest absolute Gasteiger partial charge is 0.234 e. The van der Waals surface area contributed by atoms with E-state index >= 15 is 0 Å². The molecule has 3 heterocycles. The van der Waals surface area contributed by atoms with Crippen LogP contribution in [0.25, 0.3) is 0 Å². The number of nitrogens with one attached hydrogen (secondary N) is 1. The van der Waals surface area contributed by atoms with Crippen LogP contribution >= 0.6 is 11.3 Å². The van der Waals surface area contributed by atoms with Gasteiger partial charge in [0.2, 0.25) is 5.89 Å². The van der Waals surface area contributed by atoms with Gasteiger partial charge < -0.3 is 9.84 Å². The highest BCUT2D eigenvalue weighted by Gasteiger charge is 2.37. The van der Waals surface area contributed by atoms with Crippen LogP contribution in [0.15, 0.2) is 9.90 Å². The SMILES string of the molecule is CCC1(c2nc(Cc3nc(C)cs3)no2)CCCNC1. The summed E-state index contributed by atoms with van der Waals surface area (Å²) in [5.41, 5.74) is 1.07. The summed E-state index contributed by atoms with van der Waals surface area (Å²) in [6, 6.07) is 0. The van der Waals surface area contributed by atoms with Crippen LogP contribution in [0.4, 0.5) is 0 Å². The second-order valence-electron chi connectivity index (χ2n) is 5.49. The van der Waals surface area contributed by atoms with Gasteiger partial charge >= 0.3 is 0 Å². The molecule has 0 radical (unpaired) electrons. The molecule has 0 bridgehead atoms. The lowest BCUT2D eigenvalue weighted by atomic mass is 9.78. The number of thiazole rings is 1. The molecule has 2 aromatic rings. The van der Waals surface area contributed by atoms with Gasteiger partial charge in [-0.3, -0.25) is 0 Å². The first kappa shape index (κ1) is 13.7. The zero-order chi connectivity index (χ0) is 14.0. The molecule has 1 N–H and O–H groups in total. The second-order valence-corrected chi connectivity index (χ2v) is 6.43. The number of hydrogen-bond donors (Lipinski definition) is 1. The van der Waals surface area contributed by atoms with E-state index in [1.807, 2.05) is 6.92 Å². The Bertz CT molecular complexity index is 571. The predicted molar refractivity (Wildman–Crippen MR) is 78.0 cm³/mol. The Morgan fingerprint density at radius 1 is 1.45 bits per heavy atom. The molecule has 0 aromatic carbocycles. The van der Waals surface area contributed by atoms with Crippen molar-refractivity contribution in [2.24, 2.45) is 0 Å². The highest BCUT2D eigenvalue weighted by molar-refractivity contribution is 7.09. The lowest BCUT2D eigenvalue weighted by Gasteiger charge is -2.33. The number of piperidine rings is 1. The van der Waals surface area contributed by atoms with E-state index < -0.39 is 0 Å². The van der Waals surface area contributed by atoms with E-state index in [9.17, 15) is 0 Å². The highest BCUT2D eigenvalue weighted by atomic mass is 32.1. The Morgan fingerprint density at radius 3 is 3.00 bits per heavy atom. The number of rotatable bonds is 4. The zero-order valence-corrected chi connectivity index (χ0v) is 12.8. The topological polar surface area (TPSA) is 63.8 Å². The Balaban J connectivity index is 1.78. The molecule has 3 rings (SSSR count). The van der Waals surface area contributed by atoms with E-state index in [-0.39, 0.29) is 5.41 Å². The summed E-state index contributed by atoms with van der Waals surface area (Å²) in [5.74, 6) is 1.53. The van der Waals surface area contributed by atoms with Crippen molar-refractivity contribution < 1.29 is 4.52 Å². The van der Waals surface area contributed by atoms with Crippen molar-refractivity contribution in [1.82, 2.24) is 20.4 Å². The van der Waals surface area contributed by atoms with Crippen molar-refractivity contribution in [1.29, 1.82) is 0 Å². The molecule has 1 aliphatic heterocycles. The van der Waals surface area contributed by atoms with E-state index in [4.69, 9.17) is 4.52 Å². The van der Waals surface area contributed by atoms with Crippen molar-refractivity contribution >= 4 is 11.3 Å². The van der Waals surface area contributed by atoms with E-state index in [0.29, 0.717) is 6.42 Å². The Morgan fingerprint density at radius 2 is 2.35 bits per heavy atom. The molecule has 108 valence electrons. The largest absolute Gasteiger partial charge is 0.339 e. The third-order valence-corrected chi connectivity index (χ3v) is 5.01. The maximum absolute atomic E-state index is 5.55. The molecule has 6 heteroatoms. The molecule has 5 nitrogen and oxygen atoms in total. The molecule has 1 saturated heterocycles. The van der Waals surface area contributed by atoms with Gasteiger partial charge in [-0.05, 0) is 32.7 Å². The van der Waals surface area contributed by atoms with Gasteiger partial charge in [0.05, 0.1) is 11.8 Å². The van der Waals surface area contributed by atoms with Gasteiger partial charge in [-0.1, -0.05) is 12.1 Å². The molecular formula is C14H20N4OS. The molecule has 0 spiro atoms. The van der Waals surface area contributed by atoms with Crippen molar-refractivity contribution in [2.45, 2.75) is 44.9 Å². The normalized spacial score (nSPS) is 23.1. The molecule has 0 aliphatic carbocycles. The third kappa shape index (κ3) is 2.62. The van der Waals surface area contributed by atoms with Crippen molar-refractivity contribution in [3.05, 3.63) is 27.8 Å². The average molecular weight is 292 g/mol. The van der Waals surface area contributed by atoms with Gasteiger partial charge in [0.1, 0.15) is 5.01 Å². The summed E-state index contributed by atoms with van der Waals surface area (Å²) in [6.45, 7) is 6.21. The number of hydrogen-bond acceptors (Lipinski definition) is 6. The standard InChI is InChI=1S/C14H20N4OS/c1-3-14(5-4-6-15-9-14)13-17-11(18-19-13)7-12-16-10(2)8-20-12/h8,15H,3-7,9H2,1-2H3. The van der Waals surface area contributed by atoms with E-state index in [0.717, 1.165) is 54.8 Å². The minimum absolute atomic E-state index is 0.0162. The van der Waals surface area contributed by atoms with E-state index in [1.165, 1.54) is 0 Å². The fraction of sp³-hybridized carbons (Fsp3) is 0.643. The summed E-state index contributed by atoms with van der Waals surface area (Å²) in [7, 11) is 0. The second kappa shape index (κ2) is 5.61. The van der Waals surface area contributed by atoms with Crippen LogP contribution in [-0.4, -0.2) is 28.2 Å². The molecule has 0 amide bonds. The Hall–Kier alpha value is -1.27. The summed E-state index contributed by atoms with van der Waals surface area (Å²) < 4.78 is 5.55. The Kier molecular flexibility index (Phi) is 3.85. The van der Waals surface area contributed by atoms with Crippen LogP contribution in [0, 0.1) is 6.92 Å². The first-order valence-corrected chi connectivity index (χ1v) is 8.04. The number of nitrogens with zero attached hydrogens (tertiary/aromatic N) is 3. The van der Waals surface area contributed by atoms with Crippen molar-refractivity contribution in [3.63, 3.8) is 0 Å². The highest BCUT2D eigenvalue weighted by Crippen LogP contribution is 2.33. The summed E-state index contributed by atoms with van der Waals surface area (Å²) in [5, 5.41) is 10.7. The third-order valence-electron chi connectivity index (χ3n) is 4.05. The van der Waals surface area contributed by atoms with Crippen LogP contribution in [0.1, 0.15) is 48.6 Å².